The molecule has 0 N–H and O–H groups in total. The molecule has 0 aromatic heterocycles. The predicted molar refractivity (Wildman–Crippen MR) is 39.1 cm³/mol. The summed E-state index contributed by atoms with van der Waals surface area (Å²) < 4.78 is 31.5. The summed E-state index contributed by atoms with van der Waals surface area (Å²) in [6.45, 7) is 0. The fourth-order valence-electron chi connectivity index (χ4n) is 0.777. The van der Waals surface area contributed by atoms with Gasteiger partial charge in [-0.25, -0.2) is 8.42 Å². The van der Waals surface area contributed by atoms with Crippen molar-refractivity contribution in [3.8, 4) is 6.07 Å². The Bertz CT molecular complexity index is 430. The quantitative estimate of drug-likeness (QED) is 0.591. The third-order valence-electron chi connectivity index (χ3n) is 1.28. The van der Waals surface area contributed by atoms with Crippen molar-refractivity contribution >= 4 is 10.1 Å². The molecule has 0 spiro atoms. The number of nitriles is 1. The molecular formula is C7H4NO3S-. The third kappa shape index (κ3) is 1.61. The van der Waals surface area contributed by atoms with Gasteiger partial charge in [-0.15, -0.1) is 0 Å². The van der Waals surface area contributed by atoms with Crippen LogP contribution < -0.4 is 0 Å². The Morgan fingerprint density at radius 2 is 1.92 bits per heavy atom. The van der Waals surface area contributed by atoms with E-state index >= 15 is 0 Å². The van der Waals surface area contributed by atoms with Crippen LogP contribution in [0.2, 0.25) is 0 Å². The second kappa shape index (κ2) is 2.93. The van der Waals surface area contributed by atoms with Crippen LogP contribution in [-0.4, -0.2) is 13.0 Å². The minimum Gasteiger partial charge on any atom is -0.744 e. The van der Waals surface area contributed by atoms with Gasteiger partial charge in [0.05, 0.1) is 10.5 Å². The lowest BCUT2D eigenvalue weighted by molar-refractivity contribution is 0.463. The zero-order valence-corrected chi connectivity index (χ0v) is 6.71. The molecule has 5 heteroatoms. The highest BCUT2D eigenvalue weighted by Crippen LogP contribution is 2.12. The van der Waals surface area contributed by atoms with Crippen molar-refractivity contribution in [2.24, 2.45) is 0 Å². The van der Waals surface area contributed by atoms with Gasteiger partial charge < -0.3 is 4.55 Å². The Morgan fingerprint density at radius 3 is 2.33 bits per heavy atom. The molecule has 0 bridgehead atoms. The maximum absolute atomic E-state index is 10.5. The summed E-state index contributed by atoms with van der Waals surface area (Å²) >= 11 is 0. The van der Waals surface area contributed by atoms with Crippen LogP contribution in [0.5, 0.6) is 0 Å². The topological polar surface area (TPSA) is 81.0 Å². The molecule has 1 aromatic rings. The molecule has 0 saturated heterocycles. The van der Waals surface area contributed by atoms with E-state index < -0.39 is 15.0 Å². The molecule has 4 nitrogen and oxygen atoms in total. The molecule has 0 atom stereocenters. The molecule has 0 fully saturated rings. The average Bonchev–Trinajstić information content (AvgIpc) is 2.03. The Morgan fingerprint density at radius 1 is 1.33 bits per heavy atom. The van der Waals surface area contributed by atoms with Crippen molar-refractivity contribution in [3.05, 3.63) is 29.8 Å². The number of hydrogen-bond acceptors (Lipinski definition) is 4. The summed E-state index contributed by atoms with van der Waals surface area (Å²) in [5, 5.41) is 8.43. The van der Waals surface area contributed by atoms with Gasteiger partial charge in [-0.1, -0.05) is 12.1 Å². The second-order valence-corrected chi connectivity index (χ2v) is 3.41. The SMILES string of the molecule is N#Cc1ccccc1S(=O)(=O)[O-]. The molecule has 0 radical (unpaired) electrons. The first-order valence-electron chi connectivity index (χ1n) is 3.01. The Hall–Kier alpha value is -1.38. The van der Waals surface area contributed by atoms with Gasteiger partial charge in [0.15, 0.2) is 0 Å². The summed E-state index contributed by atoms with van der Waals surface area (Å²) in [6, 6.07) is 6.91. The van der Waals surface area contributed by atoms with E-state index in [0.29, 0.717) is 0 Å². The number of benzene rings is 1. The second-order valence-electron chi connectivity index (χ2n) is 2.06. The van der Waals surface area contributed by atoms with Crippen molar-refractivity contribution < 1.29 is 13.0 Å². The highest BCUT2D eigenvalue weighted by Gasteiger charge is 2.05. The van der Waals surface area contributed by atoms with E-state index in [2.05, 4.69) is 0 Å². The molecule has 0 aliphatic carbocycles. The van der Waals surface area contributed by atoms with Crippen LogP contribution in [0, 0.1) is 11.3 Å². The van der Waals surface area contributed by atoms with E-state index in [1.807, 2.05) is 0 Å². The molecule has 0 saturated carbocycles. The fraction of sp³-hybridized carbons (Fsp3) is 0. The van der Waals surface area contributed by atoms with Crippen molar-refractivity contribution in [1.82, 2.24) is 0 Å². The van der Waals surface area contributed by atoms with Crippen LogP contribution >= 0.6 is 0 Å². The smallest absolute Gasteiger partial charge is 0.125 e. The van der Waals surface area contributed by atoms with E-state index in [9.17, 15) is 13.0 Å². The first-order valence-corrected chi connectivity index (χ1v) is 4.41. The van der Waals surface area contributed by atoms with Gasteiger partial charge in [0.25, 0.3) is 0 Å². The van der Waals surface area contributed by atoms with Gasteiger partial charge in [0.1, 0.15) is 16.2 Å². The van der Waals surface area contributed by atoms with Gasteiger partial charge in [0.2, 0.25) is 0 Å². The van der Waals surface area contributed by atoms with Crippen LogP contribution in [0.4, 0.5) is 0 Å². The summed E-state index contributed by atoms with van der Waals surface area (Å²) in [5.74, 6) is 0. The van der Waals surface area contributed by atoms with E-state index in [1.165, 1.54) is 18.2 Å². The summed E-state index contributed by atoms with van der Waals surface area (Å²) in [6.07, 6.45) is 0. The van der Waals surface area contributed by atoms with Crippen LogP contribution in [-0.2, 0) is 10.1 Å². The monoisotopic (exact) mass is 182 g/mol. The molecule has 12 heavy (non-hydrogen) atoms. The summed E-state index contributed by atoms with van der Waals surface area (Å²) in [5.41, 5.74) is -0.118. The first-order chi connectivity index (χ1) is 5.55. The van der Waals surface area contributed by atoms with Crippen LogP contribution in [0.1, 0.15) is 5.56 Å². The van der Waals surface area contributed by atoms with Crippen molar-refractivity contribution in [2.45, 2.75) is 4.90 Å². The van der Waals surface area contributed by atoms with Crippen LogP contribution in [0.15, 0.2) is 29.2 Å². The van der Waals surface area contributed by atoms with Crippen molar-refractivity contribution in [2.75, 3.05) is 0 Å². The molecule has 0 aliphatic heterocycles. The molecular weight excluding hydrogens is 178 g/mol. The van der Waals surface area contributed by atoms with Crippen LogP contribution in [0.25, 0.3) is 0 Å². The number of nitrogens with zero attached hydrogens (tertiary/aromatic N) is 1. The average molecular weight is 182 g/mol. The van der Waals surface area contributed by atoms with E-state index in [0.717, 1.165) is 6.07 Å². The van der Waals surface area contributed by atoms with Gasteiger partial charge >= 0.3 is 0 Å². The van der Waals surface area contributed by atoms with Gasteiger partial charge in [0, 0.05) is 0 Å². The predicted octanol–water partition coefficient (Wildman–Crippen LogP) is 0.462. The summed E-state index contributed by atoms with van der Waals surface area (Å²) in [7, 11) is -4.52. The zero-order valence-electron chi connectivity index (χ0n) is 5.89. The Kier molecular flexibility index (Phi) is 2.13. The first kappa shape index (κ1) is 8.71. The molecule has 1 rings (SSSR count). The maximum atomic E-state index is 10.5. The molecule has 0 amide bonds. The van der Waals surface area contributed by atoms with Gasteiger partial charge in [-0.3, -0.25) is 0 Å². The Labute approximate surface area is 69.8 Å². The van der Waals surface area contributed by atoms with E-state index in [1.54, 1.807) is 6.07 Å². The number of rotatable bonds is 1. The van der Waals surface area contributed by atoms with Crippen molar-refractivity contribution in [1.29, 1.82) is 5.26 Å². The maximum Gasteiger partial charge on any atom is 0.125 e. The van der Waals surface area contributed by atoms with Gasteiger partial charge in [-0.05, 0) is 12.1 Å². The number of hydrogen-bond donors (Lipinski definition) is 0. The highest BCUT2D eigenvalue weighted by atomic mass is 32.2. The van der Waals surface area contributed by atoms with Gasteiger partial charge in [-0.2, -0.15) is 5.26 Å². The molecule has 62 valence electrons. The lowest BCUT2D eigenvalue weighted by Gasteiger charge is -2.07. The minimum absolute atomic E-state index is 0.118. The molecule has 0 aliphatic rings. The van der Waals surface area contributed by atoms with E-state index in [4.69, 9.17) is 5.26 Å². The normalized spacial score (nSPS) is 10.7. The standard InChI is InChI=1S/C7H5NO3S/c8-5-6-3-1-2-4-7(6)12(9,10)11/h1-4H,(H,9,10,11)/p-1. The zero-order chi connectivity index (χ0) is 9.19. The van der Waals surface area contributed by atoms with E-state index in [-0.39, 0.29) is 5.56 Å². The Balaban J connectivity index is 3.47. The van der Waals surface area contributed by atoms with Crippen molar-refractivity contribution in [3.63, 3.8) is 0 Å². The molecule has 0 unspecified atom stereocenters. The van der Waals surface area contributed by atoms with Crippen LogP contribution in [0.3, 0.4) is 0 Å². The molecule has 0 heterocycles. The summed E-state index contributed by atoms with van der Waals surface area (Å²) in [4.78, 5) is -0.465. The fourth-order valence-corrected chi connectivity index (χ4v) is 1.41. The lowest BCUT2D eigenvalue weighted by Crippen LogP contribution is -2.00. The molecule has 1 aromatic carbocycles. The minimum atomic E-state index is -4.52. The lowest BCUT2D eigenvalue weighted by atomic mass is 10.2. The highest BCUT2D eigenvalue weighted by molar-refractivity contribution is 7.85. The third-order valence-corrected chi connectivity index (χ3v) is 2.17. The largest absolute Gasteiger partial charge is 0.744 e.